The van der Waals surface area contributed by atoms with Crippen LogP contribution in [0.1, 0.15) is 56.9 Å². The van der Waals surface area contributed by atoms with Gasteiger partial charge in [0.2, 0.25) is 0 Å². The predicted molar refractivity (Wildman–Crippen MR) is 66.3 cm³/mol. The Bertz CT molecular complexity index is 271. The highest BCUT2D eigenvalue weighted by atomic mass is 16.5. The first-order valence-electron chi connectivity index (χ1n) is 6.46. The second-order valence-corrected chi connectivity index (χ2v) is 4.38. The molecule has 0 aliphatic rings. The smallest absolute Gasteiger partial charge is 0.150 e. The number of hydrogen-bond acceptors (Lipinski definition) is 3. The Kier molecular flexibility index (Phi) is 6.90. The largest absolute Gasteiger partial charge is 0.360 e. The summed E-state index contributed by atoms with van der Waals surface area (Å²) in [4.78, 5) is 0. The van der Waals surface area contributed by atoms with Gasteiger partial charge in [0.25, 0.3) is 0 Å². The van der Waals surface area contributed by atoms with Crippen molar-refractivity contribution in [3.8, 4) is 0 Å². The lowest BCUT2D eigenvalue weighted by molar-refractivity contribution is 0.369. The zero-order valence-electron chi connectivity index (χ0n) is 10.6. The van der Waals surface area contributed by atoms with Crippen LogP contribution in [-0.2, 0) is 6.54 Å². The molecule has 1 aromatic rings. The molecule has 0 unspecified atom stereocenters. The third-order valence-corrected chi connectivity index (χ3v) is 2.68. The molecule has 0 atom stereocenters. The molecule has 0 aliphatic carbocycles. The normalized spacial score (nSPS) is 10.9. The highest BCUT2D eigenvalue weighted by Gasteiger charge is 1.98. The van der Waals surface area contributed by atoms with E-state index in [1.807, 2.05) is 13.0 Å². The van der Waals surface area contributed by atoms with Crippen molar-refractivity contribution >= 4 is 0 Å². The van der Waals surface area contributed by atoms with Crippen molar-refractivity contribution in [2.24, 2.45) is 0 Å². The molecule has 3 heteroatoms. The van der Waals surface area contributed by atoms with E-state index in [1.54, 1.807) is 0 Å². The van der Waals surface area contributed by atoms with Crippen LogP contribution in [0.2, 0.25) is 0 Å². The standard InChI is InChI=1S/C13H24N2O/c1-3-4-5-6-7-8-9-14-11-13-10-12(2)15-16-13/h10,14H,3-9,11H2,1-2H3. The van der Waals surface area contributed by atoms with E-state index >= 15 is 0 Å². The van der Waals surface area contributed by atoms with E-state index in [2.05, 4.69) is 17.4 Å². The Morgan fingerprint density at radius 3 is 2.62 bits per heavy atom. The van der Waals surface area contributed by atoms with Gasteiger partial charge in [0.1, 0.15) is 0 Å². The van der Waals surface area contributed by atoms with Crippen LogP contribution in [0.15, 0.2) is 10.6 Å². The Morgan fingerprint density at radius 1 is 1.19 bits per heavy atom. The summed E-state index contributed by atoms with van der Waals surface area (Å²) < 4.78 is 5.11. The molecule has 0 saturated carbocycles. The number of unbranched alkanes of at least 4 members (excludes halogenated alkanes) is 5. The molecular formula is C13H24N2O. The summed E-state index contributed by atoms with van der Waals surface area (Å²) in [6.45, 7) is 6.07. The van der Waals surface area contributed by atoms with Crippen LogP contribution in [0, 0.1) is 6.92 Å². The molecule has 0 bridgehead atoms. The minimum Gasteiger partial charge on any atom is -0.360 e. The van der Waals surface area contributed by atoms with Gasteiger partial charge in [-0.3, -0.25) is 0 Å². The van der Waals surface area contributed by atoms with Crippen LogP contribution >= 0.6 is 0 Å². The van der Waals surface area contributed by atoms with E-state index in [-0.39, 0.29) is 0 Å². The van der Waals surface area contributed by atoms with E-state index in [9.17, 15) is 0 Å². The van der Waals surface area contributed by atoms with E-state index in [1.165, 1.54) is 38.5 Å². The number of nitrogens with zero attached hydrogens (tertiary/aromatic N) is 1. The van der Waals surface area contributed by atoms with Crippen molar-refractivity contribution in [2.75, 3.05) is 6.54 Å². The van der Waals surface area contributed by atoms with Gasteiger partial charge in [-0.2, -0.15) is 0 Å². The molecule has 1 heterocycles. The Hall–Kier alpha value is -0.830. The van der Waals surface area contributed by atoms with Crippen molar-refractivity contribution in [1.29, 1.82) is 0 Å². The molecular weight excluding hydrogens is 200 g/mol. The fourth-order valence-corrected chi connectivity index (χ4v) is 1.74. The average molecular weight is 224 g/mol. The summed E-state index contributed by atoms with van der Waals surface area (Å²) in [7, 11) is 0. The first-order valence-corrected chi connectivity index (χ1v) is 6.46. The van der Waals surface area contributed by atoms with Crippen molar-refractivity contribution in [3.05, 3.63) is 17.5 Å². The third kappa shape index (κ3) is 5.91. The summed E-state index contributed by atoms with van der Waals surface area (Å²) in [5.41, 5.74) is 0.955. The van der Waals surface area contributed by atoms with Gasteiger partial charge in [0, 0.05) is 6.07 Å². The SMILES string of the molecule is CCCCCCCCNCc1cc(C)no1. The molecule has 0 radical (unpaired) electrons. The quantitative estimate of drug-likeness (QED) is 0.653. The molecule has 0 amide bonds. The van der Waals surface area contributed by atoms with Crippen molar-refractivity contribution < 1.29 is 4.52 Å². The molecule has 0 fully saturated rings. The number of rotatable bonds is 9. The van der Waals surface area contributed by atoms with Crippen LogP contribution in [-0.4, -0.2) is 11.7 Å². The Balaban J connectivity index is 1.88. The maximum Gasteiger partial charge on any atom is 0.150 e. The maximum absolute atomic E-state index is 5.11. The minimum absolute atomic E-state index is 0.801. The molecule has 0 aromatic carbocycles. The summed E-state index contributed by atoms with van der Waals surface area (Å²) >= 11 is 0. The zero-order valence-corrected chi connectivity index (χ0v) is 10.6. The lowest BCUT2D eigenvalue weighted by atomic mass is 10.1. The number of hydrogen-bond donors (Lipinski definition) is 1. The van der Waals surface area contributed by atoms with Crippen LogP contribution < -0.4 is 5.32 Å². The van der Waals surface area contributed by atoms with Gasteiger partial charge in [-0.15, -0.1) is 0 Å². The lowest BCUT2D eigenvalue weighted by Crippen LogP contribution is -2.14. The molecule has 1 aromatic heterocycles. The predicted octanol–water partition coefficient (Wildman–Crippen LogP) is 3.43. The van der Waals surface area contributed by atoms with Gasteiger partial charge in [-0.25, -0.2) is 0 Å². The van der Waals surface area contributed by atoms with Gasteiger partial charge in [-0.1, -0.05) is 44.2 Å². The fraction of sp³-hybridized carbons (Fsp3) is 0.769. The van der Waals surface area contributed by atoms with Gasteiger partial charge < -0.3 is 9.84 Å². The Labute approximate surface area is 98.6 Å². The van der Waals surface area contributed by atoms with Crippen molar-refractivity contribution in [2.45, 2.75) is 58.9 Å². The van der Waals surface area contributed by atoms with Crippen LogP contribution in [0.3, 0.4) is 0 Å². The summed E-state index contributed by atoms with van der Waals surface area (Å²) in [6.07, 6.45) is 8.06. The second kappa shape index (κ2) is 8.34. The zero-order chi connectivity index (χ0) is 11.6. The topological polar surface area (TPSA) is 38.1 Å². The average Bonchev–Trinajstić information content (AvgIpc) is 2.68. The van der Waals surface area contributed by atoms with Gasteiger partial charge in [-0.05, 0) is 19.9 Å². The van der Waals surface area contributed by atoms with Gasteiger partial charge in [0.05, 0.1) is 12.2 Å². The number of nitrogens with one attached hydrogen (secondary N) is 1. The van der Waals surface area contributed by atoms with Crippen molar-refractivity contribution in [3.63, 3.8) is 0 Å². The monoisotopic (exact) mass is 224 g/mol. The summed E-state index contributed by atoms with van der Waals surface area (Å²) in [6, 6.07) is 1.98. The van der Waals surface area contributed by atoms with Crippen LogP contribution in [0.25, 0.3) is 0 Å². The molecule has 0 aliphatic heterocycles. The molecule has 0 saturated heterocycles. The van der Waals surface area contributed by atoms with Crippen LogP contribution in [0.5, 0.6) is 0 Å². The number of aromatic nitrogens is 1. The second-order valence-electron chi connectivity index (χ2n) is 4.38. The molecule has 92 valence electrons. The van der Waals surface area contributed by atoms with Gasteiger partial charge >= 0.3 is 0 Å². The third-order valence-electron chi connectivity index (χ3n) is 2.68. The number of aryl methyl sites for hydroxylation is 1. The summed E-state index contributed by atoms with van der Waals surface area (Å²) in [5.74, 6) is 0.934. The van der Waals surface area contributed by atoms with Crippen molar-refractivity contribution in [1.82, 2.24) is 10.5 Å². The molecule has 3 nitrogen and oxygen atoms in total. The maximum atomic E-state index is 5.11. The Morgan fingerprint density at radius 2 is 1.94 bits per heavy atom. The van der Waals surface area contributed by atoms with E-state index in [0.717, 1.165) is 24.5 Å². The molecule has 1 N–H and O–H groups in total. The van der Waals surface area contributed by atoms with Gasteiger partial charge in [0.15, 0.2) is 5.76 Å². The summed E-state index contributed by atoms with van der Waals surface area (Å²) in [5, 5.41) is 7.22. The highest BCUT2D eigenvalue weighted by molar-refractivity contribution is 5.02. The first-order chi connectivity index (χ1) is 7.83. The highest BCUT2D eigenvalue weighted by Crippen LogP contribution is 2.05. The van der Waals surface area contributed by atoms with E-state index in [0.29, 0.717) is 0 Å². The molecule has 16 heavy (non-hydrogen) atoms. The lowest BCUT2D eigenvalue weighted by Gasteiger charge is -2.02. The van der Waals surface area contributed by atoms with E-state index < -0.39 is 0 Å². The van der Waals surface area contributed by atoms with E-state index in [4.69, 9.17) is 4.52 Å². The fourth-order valence-electron chi connectivity index (χ4n) is 1.74. The first kappa shape index (κ1) is 13.2. The molecule has 0 spiro atoms. The minimum atomic E-state index is 0.801. The van der Waals surface area contributed by atoms with Crippen LogP contribution in [0.4, 0.5) is 0 Å². The molecule has 1 rings (SSSR count).